The molecule has 0 atom stereocenters. The Morgan fingerprint density at radius 2 is 0.291 bits per heavy atom. The van der Waals surface area contributed by atoms with E-state index in [2.05, 4.69) is 0 Å². The van der Waals surface area contributed by atoms with E-state index in [1.807, 2.05) is 83.1 Å². The van der Waals surface area contributed by atoms with Gasteiger partial charge in [0, 0.05) is 100 Å². The van der Waals surface area contributed by atoms with Crippen molar-refractivity contribution >= 4 is 178 Å². The maximum atomic E-state index is 4.99. The molecule has 0 aliphatic rings. The fourth-order valence-corrected chi connectivity index (χ4v) is 14.0. The van der Waals surface area contributed by atoms with Gasteiger partial charge in [-0.3, -0.25) is 0 Å². The number of hydrogen-bond donors (Lipinski definition) is 0. The van der Waals surface area contributed by atoms with Gasteiger partial charge in [0.15, 0.2) is 0 Å². The molecule has 0 saturated heterocycles. The van der Waals surface area contributed by atoms with Crippen LogP contribution in [0.2, 0.25) is 0 Å². The van der Waals surface area contributed by atoms with Gasteiger partial charge in [0.25, 0.3) is 0 Å². The molecule has 0 amide bonds. The third-order valence-corrected chi connectivity index (χ3v) is 17.9. The molecule has 12 nitrogen and oxygen atoms in total. The predicted molar refractivity (Wildman–Crippen MR) is 269 cm³/mol. The van der Waals surface area contributed by atoms with Crippen molar-refractivity contribution in [2.75, 3.05) is 79.3 Å². The minimum Gasteiger partial charge on any atom is -0.691 e. The quantitative estimate of drug-likeness (QED) is 0.0519. The Bertz CT molecular complexity index is 867. The van der Waals surface area contributed by atoms with Crippen molar-refractivity contribution in [1.29, 1.82) is 0 Å². The van der Waals surface area contributed by atoms with Crippen LogP contribution in [0.3, 0.4) is 0 Å². The summed E-state index contributed by atoms with van der Waals surface area (Å²) >= 11 is 57.9. The summed E-state index contributed by atoms with van der Waals surface area (Å²) in [5.74, 6) is 0. The van der Waals surface area contributed by atoms with Crippen LogP contribution in [0.5, 0.6) is 0 Å². The van der Waals surface area contributed by atoms with Crippen molar-refractivity contribution in [2.45, 2.75) is 83.1 Å². The second-order valence-corrected chi connectivity index (χ2v) is 37.6. The molecule has 0 aromatic carbocycles. The Kier molecular flexibility index (Phi) is 66.1. The summed E-state index contributed by atoms with van der Waals surface area (Å²) in [7, 11) is 0. The summed E-state index contributed by atoms with van der Waals surface area (Å²) in [6.45, 7) is 28.8. The van der Waals surface area contributed by atoms with Gasteiger partial charge in [-0.15, -0.1) is 0 Å². The summed E-state index contributed by atoms with van der Waals surface area (Å²) in [5.41, 5.74) is -13.7. The Morgan fingerprint density at radius 3 is 0.327 bits per heavy atom. The molecule has 0 unspecified atom stereocenters. The van der Waals surface area contributed by atoms with E-state index in [0.29, 0.717) is 79.3 Å². The zero-order valence-electron chi connectivity index (χ0n) is 33.4. The maximum Gasteiger partial charge on any atom is 0.0563 e. The minimum atomic E-state index is -2.28. The Labute approximate surface area is 411 Å². The third kappa shape index (κ3) is 69.4. The van der Waals surface area contributed by atoms with E-state index in [1.54, 1.807) is 0 Å². The molecular weight excluding hydrogens is 1150 g/mol. The molecule has 0 radical (unpaired) electrons. The van der Waals surface area contributed by atoms with Gasteiger partial charge in [-0.1, -0.05) is 70.8 Å². The first-order valence-electron chi connectivity index (χ1n) is 16.3. The van der Waals surface area contributed by atoms with Crippen LogP contribution in [0.4, 0.5) is 0 Å². The fraction of sp³-hybridized carbons (Fsp3) is 1.00. The maximum absolute atomic E-state index is 4.99. The summed E-state index contributed by atoms with van der Waals surface area (Å²) in [5, 5.41) is 0. The smallest absolute Gasteiger partial charge is 0.0563 e. The second-order valence-electron chi connectivity index (χ2n) is 7.70. The van der Waals surface area contributed by atoms with Gasteiger partial charge in [-0.2, -0.15) is 0 Å². The average Bonchev–Trinajstić information content (AvgIpc) is 2.98. The van der Waals surface area contributed by atoms with E-state index in [0.717, 1.165) is 0 Å². The van der Waals surface area contributed by atoms with E-state index in [-0.39, 0.29) is 21.1 Å². The monoisotopic (exact) mass is 1210 g/mol. The molecule has 0 aromatic rings. The summed E-state index contributed by atoms with van der Waals surface area (Å²) < 4.78 is 59.9. The first-order valence-corrected chi connectivity index (χ1v) is 38.2. The molecule has 0 aliphatic heterocycles. The van der Waals surface area contributed by atoms with Crippen LogP contribution >= 0.6 is 34.2 Å². The van der Waals surface area contributed by atoms with E-state index in [1.165, 1.54) is 0 Å². The van der Waals surface area contributed by atoms with E-state index in [9.17, 15) is 0 Å². The number of hydrogen-bond acceptors (Lipinski definition) is 24. The van der Waals surface area contributed by atoms with Gasteiger partial charge < -0.3 is 128 Å². The zero-order valence-corrected chi connectivity index (χ0v) is 50.5. The van der Waals surface area contributed by atoms with Crippen molar-refractivity contribution in [2.24, 2.45) is 0 Å². The molecular formula is C24H60MoO12P6S12-6. The molecule has 0 bridgehead atoms. The van der Waals surface area contributed by atoms with Crippen LogP contribution in [-0.2, 0) is 220 Å². The van der Waals surface area contributed by atoms with Gasteiger partial charge in [0.2, 0.25) is 0 Å². The molecule has 0 aliphatic carbocycles. The van der Waals surface area contributed by atoms with Crippen molar-refractivity contribution in [3.63, 3.8) is 0 Å². The average molecular weight is 1210 g/mol. The van der Waals surface area contributed by atoms with Crippen LogP contribution in [0.1, 0.15) is 83.1 Å². The molecule has 342 valence electrons. The Morgan fingerprint density at radius 1 is 0.236 bits per heavy atom. The first-order chi connectivity index (χ1) is 24.7. The van der Waals surface area contributed by atoms with Crippen LogP contribution < -0.4 is 0 Å². The molecule has 0 spiro atoms. The molecule has 0 saturated carbocycles. The standard InChI is InChI=1S/6C4H11O2PS2.Mo/c6*1-3-5-7(8,9)6-4-2;/h6*3-4H2,1-2H3,(H,8,9);/p-6. The Balaban J connectivity index is -0.000000100. The number of rotatable bonds is 24. The van der Waals surface area contributed by atoms with Crippen LogP contribution in [0, 0.1) is 0 Å². The summed E-state index contributed by atoms with van der Waals surface area (Å²) in [6, 6.07) is 0. The third-order valence-electron chi connectivity index (χ3n) is 3.45. The minimum absolute atomic E-state index is 0. The Hall–Kier alpha value is 6.21. The normalized spacial score (nSPS) is 11.7. The van der Waals surface area contributed by atoms with E-state index < -0.39 is 34.2 Å². The van der Waals surface area contributed by atoms with Gasteiger partial charge >= 0.3 is 0 Å². The zero-order chi connectivity index (χ0) is 44.0. The van der Waals surface area contributed by atoms with Crippen molar-refractivity contribution in [3.05, 3.63) is 0 Å². The van der Waals surface area contributed by atoms with E-state index >= 15 is 0 Å². The molecule has 0 N–H and O–H groups in total. The fourth-order valence-electron chi connectivity index (χ4n) is 2.12. The van der Waals surface area contributed by atoms with E-state index in [4.69, 9.17) is 199 Å². The summed E-state index contributed by atoms with van der Waals surface area (Å²) in [6.07, 6.45) is 0. The van der Waals surface area contributed by atoms with Crippen molar-refractivity contribution in [3.8, 4) is 0 Å². The van der Waals surface area contributed by atoms with Crippen molar-refractivity contribution in [1.82, 2.24) is 0 Å². The summed E-state index contributed by atoms with van der Waals surface area (Å²) in [4.78, 5) is 0. The van der Waals surface area contributed by atoms with Gasteiger partial charge in [0.1, 0.15) is 0 Å². The molecule has 0 fully saturated rings. The van der Waals surface area contributed by atoms with Gasteiger partial charge in [-0.25, -0.2) is 0 Å². The van der Waals surface area contributed by atoms with Crippen LogP contribution in [0.15, 0.2) is 0 Å². The SMILES string of the molecule is CCOP(=S)([S-])OCC.CCOP(=S)([S-])OCC.CCOP(=S)([S-])OCC.CCOP(=S)([S-])OCC.CCOP(=S)([S-])OCC.CCOP(=S)([S-])OCC.[Mo]. The van der Waals surface area contributed by atoms with Gasteiger partial charge in [0.05, 0.1) is 34.2 Å². The molecule has 55 heavy (non-hydrogen) atoms. The molecule has 0 heterocycles. The van der Waals surface area contributed by atoms with Gasteiger partial charge in [-0.05, 0) is 83.1 Å². The first kappa shape index (κ1) is 75.5. The van der Waals surface area contributed by atoms with Crippen LogP contribution in [-0.4, -0.2) is 79.3 Å². The molecule has 31 heteroatoms. The second kappa shape index (κ2) is 48.2. The molecule has 0 aromatic heterocycles. The van der Waals surface area contributed by atoms with Crippen LogP contribution in [0.25, 0.3) is 0 Å². The topological polar surface area (TPSA) is 111 Å². The largest absolute Gasteiger partial charge is 0.691 e. The molecule has 0 rings (SSSR count). The predicted octanol–water partition coefficient (Wildman–Crippen LogP) is 11.0. The van der Waals surface area contributed by atoms with Crippen molar-refractivity contribution < 1.29 is 75.4 Å².